The Labute approximate surface area is 187 Å². The van der Waals surface area contributed by atoms with Crippen molar-refractivity contribution in [3.63, 3.8) is 0 Å². The van der Waals surface area contributed by atoms with Crippen LogP contribution in [0.3, 0.4) is 0 Å². The molecule has 1 fully saturated rings. The molecule has 1 aromatic heterocycles. The SMILES string of the molecule is CCOc1ccc2nc(N3CCC(C(=O)N[C@@H]4CCCc5ccccc54)CC3)sc2c1. The summed E-state index contributed by atoms with van der Waals surface area (Å²) in [4.78, 5) is 20.1. The highest BCUT2D eigenvalue weighted by Crippen LogP contribution is 2.34. The highest BCUT2D eigenvalue weighted by atomic mass is 32.1. The maximum Gasteiger partial charge on any atom is 0.223 e. The van der Waals surface area contributed by atoms with Gasteiger partial charge in [0.25, 0.3) is 0 Å². The maximum absolute atomic E-state index is 13.0. The number of hydrogen-bond donors (Lipinski definition) is 1. The van der Waals surface area contributed by atoms with E-state index in [1.807, 2.05) is 19.1 Å². The molecule has 0 spiro atoms. The molecule has 31 heavy (non-hydrogen) atoms. The minimum Gasteiger partial charge on any atom is -0.494 e. The van der Waals surface area contributed by atoms with Gasteiger partial charge in [-0.05, 0) is 68.4 Å². The zero-order valence-corrected chi connectivity index (χ0v) is 18.8. The molecule has 0 bridgehead atoms. The Morgan fingerprint density at radius 3 is 2.87 bits per heavy atom. The number of nitrogens with zero attached hydrogens (tertiary/aromatic N) is 2. The third-order valence-corrected chi connectivity index (χ3v) is 7.56. The lowest BCUT2D eigenvalue weighted by Gasteiger charge is -2.33. The van der Waals surface area contributed by atoms with Crippen LogP contribution in [-0.4, -0.2) is 30.6 Å². The summed E-state index contributed by atoms with van der Waals surface area (Å²) in [7, 11) is 0. The molecule has 0 unspecified atom stereocenters. The number of ether oxygens (including phenoxy) is 1. The Morgan fingerprint density at radius 1 is 1.19 bits per heavy atom. The summed E-state index contributed by atoms with van der Waals surface area (Å²) < 4.78 is 6.76. The van der Waals surface area contributed by atoms with E-state index in [1.54, 1.807) is 11.3 Å². The fourth-order valence-corrected chi connectivity index (χ4v) is 5.86. The molecule has 1 aliphatic heterocycles. The van der Waals surface area contributed by atoms with Crippen molar-refractivity contribution >= 4 is 32.6 Å². The summed E-state index contributed by atoms with van der Waals surface area (Å²) in [5.74, 6) is 1.20. The van der Waals surface area contributed by atoms with Crippen molar-refractivity contribution in [3.8, 4) is 5.75 Å². The van der Waals surface area contributed by atoms with E-state index in [4.69, 9.17) is 9.72 Å². The number of carbonyl (C=O) groups is 1. The second-order valence-corrected chi connectivity index (χ2v) is 9.48. The number of aromatic nitrogens is 1. The predicted octanol–water partition coefficient (Wildman–Crippen LogP) is 5.11. The van der Waals surface area contributed by atoms with Gasteiger partial charge in [-0.2, -0.15) is 0 Å². The van der Waals surface area contributed by atoms with Gasteiger partial charge in [0.05, 0.1) is 22.9 Å². The third kappa shape index (κ3) is 4.26. The van der Waals surface area contributed by atoms with E-state index in [-0.39, 0.29) is 17.9 Å². The van der Waals surface area contributed by atoms with Gasteiger partial charge in [0, 0.05) is 19.0 Å². The van der Waals surface area contributed by atoms with Gasteiger partial charge in [0.15, 0.2) is 5.13 Å². The normalized spacial score (nSPS) is 19.3. The fourth-order valence-electron chi connectivity index (χ4n) is 4.81. The Bertz CT molecular complexity index is 1070. The molecule has 1 amide bonds. The topological polar surface area (TPSA) is 54.5 Å². The molecule has 5 rings (SSSR count). The number of anilines is 1. The summed E-state index contributed by atoms with van der Waals surface area (Å²) >= 11 is 1.71. The van der Waals surface area contributed by atoms with Crippen molar-refractivity contribution < 1.29 is 9.53 Å². The van der Waals surface area contributed by atoms with E-state index in [2.05, 4.69) is 40.5 Å². The van der Waals surface area contributed by atoms with Crippen molar-refractivity contribution in [1.29, 1.82) is 0 Å². The second-order valence-electron chi connectivity index (χ2n) is 8.47. The van der Waals surface area contributed by atoms with Gasteiger partial charge < -0.3 is 15.0 Å². The van der Waals surface area contributed by atoms with Gasteiger partial charge in [-0.25, -0.2) is 4.98 Å². The number of amides is 1. The Morgan fingerprint density at radius 2 is 2.03 bits per heavy atom. The Kier molecular flexibility index (Phi) is 5.81. The average molecular weight is 436 g/mol. The van der Waals surface area contributed by atoms with Gasteiger partial charge in [0.2, 0.25) is 5.91 Å². The zero-order chi connectivity index (χ0) is 21.2. The van der Waals surface area contributed by atoms with E-state index in [0.29, 0.717) is 6.61 Å². The molecule has 5 nitrogen and oxygen atoms in total. The summed E-state index contributed by atoms with van der Waals surface area (Å²) in [5, 5.41) is 4.40. The smallest absolute Gasteiger partial charge is 0.223 e. The first kappa shape index (κ1) is 20.3. The number of fused-ring (bicyclic) bond motifs is 2. The lowest BCUT2D eigenvalue weighted by Crippen LogP contribution is -2.42. The number of hydrogen-bond acceptors (Lipinski definition) is 5. The first-order valence-corrected chi connectivity index (χ1v) is 12.2. The van der Waals surface area contributed by atoms with Gasteiger partial charge >= 0.3 is 0 Å². The Balaban J connectivity index is 1.21. The van der Waals surface area contributed by atoms with Crippen LogP contribution in [0.1, 0.15) is 49.8 Å². The lowest BCUT2D eigenvalue weighted by atomic mass is 9.87. The highest BCUT2D eigenvalue weighted by molar-refractivity contribution is 7.22. The summed E-state index contributed by atoms with van der Waals surface area (Å²) in [5.41, 5.74) is 3.71. The van der Waals surface area contributed by atoms with E-state index in [9.17, 15) is 4.79 Å². The molecule has 2 aromatic carbocycles. The molecule has 3 aromatic rings. The number of nitrogens with one attached hydrogen (secondary N) is 1. The average Bonchev–Trinajstić information content (AvgIpc) is 3.23. The fraction of sp³-hybridized carbons (Fsp3) is 0.440. The maximum atomic E-state index is 13.0. The molecular formula is C25H29N3O2S. The van der Waals surface area contributed by atoms with Crippen LogP contribution in [-0.2, 0) is 11.2 Å². The minimum atomic E-state index is 0.0873. The van der Waals surface area contributed by atoms with Crippen LogP contribution < -0.4 is 15.0 Å². The van der Waals surface area contributed by atoms with E-state index >= 15 is 0 Å². The minimum absolute atomic E-state index is 0.0873. The molecular weight excluding hydrogens is 406 g/mol. The van der Waals surface area contributed by atoms with Crippen molar-refractivity contribution in [2.75, 3.05) is 24.6 Å². The van der Waals surface area contributed by atoms with Crippen molar-refractivity contribution in [3.05, 3.63) is 53.6 Å². The Hall–Kier alpha value is -2.60. The first-order valence-electron chi connectivity index (χ1n) is 11.4. The quantitative estimate of drug-likeness (QED) is 0.605. The number of thiazole rings is 1. The summed E-state index contributed by atoms with van der Waals surface area (Å²) in [6, 6.07) is 14.8. The number of aryl methyl sites for hydroxylation is 1. The van der Waals surface area contributed by atoms with E-state index in [1.165, 1.54) is 11.1 Å². The van der Waals surface area contributed by atoms with Gasteiger partial charge in [-0.1, -0.05) is 35.6 Å². The zero-order valence-electron chi connectivity index (χ0n) is 18.0. The summed E-state index contributed by atoms with van der Waals surface area (Å²) in [6.07, 6.45) is 5.05. The number of carbonyl (C=O) groups excluding carboxylic acids is 1. The van der Waals surface area contributed by atoms with Crippen LogP contribution in [0.2, 0.25) is 0 Å². The van der Waals surface area contributed by atoms with Crippen LogP contribution in [0, 0.1) is 5.92 Å². The molecule has 0 radical (unpaired) electrons. The number of rotatable bonds is 5. The molecule has 1 atom stereocenters. The molecule has 1 aliphatic carbocycles. The third-order valence-electron chi connectivity index (χ3n) is 6.48. The first-order chi connectivity index (χ1) is 15.2. The van der Waals surface area contributed by atoms with Crippen molar-refractivity contribution in [1.82, 2.24) is 10.3 Å². The van der Waals surface area contributed by atoms with Gasteiger partial charge in [-0.3, -0.25) is 4.79 Å². The summed E-state index contributed by atoms with van der Waals surface area (Å²) in [6.45, 7) is 4.41. The van der Waals surface area contributed by atoms with Crippen molar-refractivity contribution in [2.24, 2.45) is 5.92 Å². The van der Waals surface area contributed by atoms with Crippen molar-refractivity contribution in [2.45, 2.75) is 45.1 Å². The molecule has 1 N–H and O–H groups in total. The highest BCUT2D eigenvalue weighted by Gasteiger charge is 2.29. The lowest BCUT2D eigenvalue weighted by molar-refractivity contribution is -0.126. The van der Waals surface area contributed by atoms with Gasteiger partial charge in [0.1, 0.15) is 5.75 Å². The molecule has 1 saturated heterocycles. The molecule has 0 saturated carbocycles. The van der Waals surface area contributed by atoms with Crippen LogP contribution in [0.4, 0.5) is 5.13 Å². The monoisotopic (exact) mass is 435 g/mol. The number of piperidine rings is 1. The molecule has 162 valence electrons. The number of benzene rings is 2. The molecule has 6 heteroatoms. The second kappa shape index (κ2) is 8.87. The predicted molar refractivity (Wildman–Crippen MR) is 126 cm³/mol. The van der Waals surface area contributed by atoms with Gasteiger partial charge in [-0.15, -0.1) is 0 Å². The van der Waals surface area contributed by atoms with Crippen LogP contribution in [0.25, 0.3) is 10.2 Å². The standard InChI is InChI=1S/C25H29N3O2S/c1-2-30-19-10-11-22-23(16-19)31-25(27-22)28-14-12-18(13-15-28)24(29)26-21-9-5-7-17-6-3-4-8-20(17)21/h3-4,6,8,10-11,16,18,21H,2,5,7,9,12-15H2,1H3,(H,26,29)/t21-/m1/s1. The molecule has 2 heterocycles. The van der Waals surface area contributed by atoms with Crippen LogP contribution in [0.5, 0.6) is 5.75 Å². The van der Waals surface area contributed by atoms with Crippen LogP contribution in [0.15, 0.2) is 42.5 Å². The van der Waals surface area contributed by atoms with Crippen LogP contribution >= 0.6 is 11.3 Å². The largest absolute Gasteiger partial charge is 0.494 e. The molecule has 2 aliphatic rings. The van der Waals surface area contributed by atoms with E-state index < -0.39 is 0 Å². The van der Waals surface area contributed by atoms with E-state index in [0.717, 1.165) is 66.3 Å².